The Morgan fingerprint density at radius 1 is 1.27 bits per heavy atom. The lowest BCUT2D eigenvalue weighted by atomic mass is 9.81. The SMILES string of the molecule is CCC(CC)(CN)C(=O)Nc1cccc(OCC(F)(F)F)c1. The highest BCUT2D eigenvalue weighted by Gasteiger charge is 2.33. The number of rotatable bonds is 7. The molecule has 0 aliphatic carbocycles. The van der Waals surface area contributed by atoms with E-state index in [0.29, 0.717) is 18.5 Å². The summed E-state index contributed by atoms with van der Waals surface area (Å²) in [6.07, 6.45) is -3.25. The van der Waals surface area contributed by atoms with E-state index in [9.17, 15) is 18.0 Å². The number of alkyl halides is 3. The number of anilines is 1. The van der Waals surface area contributed by atoms with Gasteiger partial charge >= 0.3 is 6.18 Å². The number of hydrogen-bond donors (Lipinski definition) is 2. The van der Waals surface area contributed by atoms with E-state index in [4.69, 9.17) is 5.73 Å². The Morgan fingerprint density at radius 3 is 2.41 bits per heavy atom. The molecule has 7 heteroatoms. The number of nitrogens with one attached hydrogen (secondary N) is 1. The molecular weight excluding hydrogens is 297 g/mol. The van der Waals surface area contributed by atoms with Gasteiger partial charge in [0, 0.05) is 18.3 Å². The highest BCUT2D eigenvalue weighted by Crippen LogP contribution is 2.28. The van der Waals surface area contributed by atoms with Crippen LogP contribution in [0.3, 0.4) is 0 Å². The Bertz CT molecular complexity index is 492. The third-order valence-electron chi connectivity index (χ3n) is 3.72. The van der Waals surface area contributed by atoms with Gasteiger partial charge in [0.25, 0.3) is 0 Å². The average molecular weight is 318 g/mol. The fraction of sp³-hybridized carbons (Fsp3) is 0.533. The maximum atomic E-state index is 12.3. The van der Waals surface area contributed by atoms with Gasteiger partial charge in [-0.15, -0.1) is 0 Å². The predicted molar refractivity (Wildman–Crippen MR) is 78.7 cm³/mol. The molecule has 1 aromatic rings. The van der Waals surface area contributed by atoms with Crippen LogP contribution in [0.1, 0.15) is 26.7 Å². The minimum Gasteiger partial charge on any atom is -0.484 e. The molecule has 0 atom stereocenters. The zero-order valence-corrected chi connectivity index (χ0v) is 12.7. The smallest absolute Gasteiger partial charge is 0.422 e. The predicted octanol–water partition coefficient (Wildman–Crippen LogP) is 3.33. The van der Waals surface area contributed by atoms with Gasteiger partial charge in [0.1, 0.15) is 5.75 Å². The van der Waals surface area contributed by atoms with Crippen molar-refractivity contribution in [3.05, 3.63) is 24.3 Å². The number of halogens is 3. The number of nitrogens with two attached hydrogens (primary N) is 1. The molecule has 4 nitrogen and oxygen atoms in total. The summed E-state index contributed by atoms with van der Waals surface area (Å²) in [6, 6.07) is 5.86. The van der Waals surface area contributed by atoms with Crippen LogP contribution in [0.5, 0.6) is 5.75 Å². The van der Waals surface area contributed by atoms with Crippen LogP contribution in [-0.4, -0.2) is 25.2 Å². The van der Waals surface area contributed by atoms with E-state index in [1.807, 2.05) is 13.8 Å². The highest BCUT2D eigenvalue weighted by atomic mass is 19.4. The standard InChI is InChI=1S/C15H21F3N2O2/c1-3-14(4-2,9-19)13(21)20-11-6-5-7-12(8-11)22-10-15(16,17)18/h5-8H,3-4,9-10,19H2,1-2H3,(H,20,21). The Labute approximate surface area is 127 Å². The average Bonchev–Trinajstić information content (AvgIpc) is 2.47. The largest absolute Gasteiger partial charge is 0.484 e. The van der Waals surface area contributed by atoms with Crippen LogP contribution in [0.15, 0.2) is 24.3 Å². The van der Waals surface area contributed by atoms with Gasteiger partial charge in [-0.3, -0.25) is 4.79 Å². The summed E-state index contributed by atoms with van der Waals surface area (Å²) >= 11 is 0. The Balaban J connectivity index is 2.80. The quantitative estimate of drug-likeness (QED) is 0.810. The number of carbonyl (C=O) groups excluding carboxylic acids is 1. The van der Waals surface area contributed by atoms with Crippen LogP contribution < -0.4 is 15.8 Å². The van der Waals surface area contributed by atoms with Crippen LogP contribution in [0.2, 0.25) is 0 Å². The molecular formula is C15H21F3N2O2. The summed E-state index contributed by atoms with van der Waals surface area (Å²) in [5, 5.41) is 2.69. The Morgan fingerprint density at radius 2 is 1.91 bits per heavy atom. The molecule has 0 spiro atoms. The summed E-state index contributed by atoms with van der Waals surface area (Å²) in [4.78, 5) is 12.3. The molecule has 0 saturated carbocycles. The molecule has 0 heterocycles. The van der Waals surface area contributed by atoms with Crippen molar-refractivity contribution in [3.63, 3.8) is 0 Å². The van der Waals surface area contributed by atoms with Crippen LogP contribution >= 0.6 is 0 Å². The lowest BCUT2D eigenvalue weighted by molar-refractivity contribution is -0.153. The molecule has 1 rings (SSSR count). The van der Waals surface area contributed by atoms with Crippen molar-refractivity contribution in [2.24, 2.45) is 11.1 Å². The van der Waals surface area contributed by atoms with Gasteiger partial charge in [-0.25, -0.2) is 0 Å². The first-order chi connectivity index (χ1) is 10.3. The molecule has 0 unspecified atom stereocenters. The van der Waals surface area contributed by atoms with E-state index in [1.54, 1.807) is 6.07 Å². The molecule has 0 aliphatic rings. The summed E-state index contributed by atoms with van der Waals surface area (Å²) in [7, 11) is 0. The topological polar surface area (TPSA) is 64.4 Å². The number of ether oxygens (including phenoxy) is 1. The lowest BCUT2D eigenvalue weighted by Gasteiger charge is -2.28. The number of benzene rings is 1. The van der Waals surface area contributed by atoms with Crippen molar-refractivity contribution in [2.75, 3.05) is 18.5 Å². The van der Waals surface area contributed by atoms with Crippen molar-refractivity contribution < 1.29 is 22.7 Å². The van der Waals surface area contributed by atoms with Crippen LogP contribution in [-0.2, 0) is 4.79 Å². The minimum atomic E-state index is -4.40. The highest BCUT2D eigenvalue weighted by molar-refractivity contribution is 5.95. The van der Waals surface area contributed by atoms with Gasteiger partial charge in [-0.05, 0) is 25.0 Å². The molecule has 1 aromatic carbocycles. The van der Waals surface area contributed by atoms with Crippen LogP contribution in [0.25, 0.3) is 0 Å². The number of carbonyl (C=O) groups is 1. The van der Waals surface area contributed by atoms with Crippen molar-refractivity contribution in [1.82, 2.24) is 0 Å². The molecule has 0 fully saturated rings. The maximum absolute atomic E-state index is 12.3. The third kappa shape index (κ3) is 4.91. The zero-order valence-electron chi connectivity index (χ0n) is 12.7. The van der Waals surface area contributed by atoms with E-state index < -0.39 is 18.2 Å². The monoisotopic (exact) mass is 318 g/mol. The molecule has 124 valence electrons. The maximum Gasteiger partial charge on any atom is 0.422 e. The van der Waals surface area contributed by atoms with E-state index in [-0.39, 0.29) is 18.2 Å². The molecule has 0 bridgehead atoms. The normalized spacial score (nSPS) is 12.1. The lowest BCUT2D eigenvalue weighted by Crippen LogP contribution is -2.41. The fourth-order valence-electron chi connectivity index (χ4n) is 2.04. The van der Waals surface area contributed by atoms with Crippen molar-refractivity contribution >= 4 is 11.6 Å². The van der Waals surface area contributed by atoms with Crippen molar-refractivity contribution in [3.8, 4) is 5.75 Å². The molecule has 22 heavy (non-hydrogen) atoms. The first-order valence-electron chi connectivity index (χ1n) is 7.07. The first-order valence-corrected chi connectivity index (χ1v) is 7.07. The Hall–Kier alpha value is -1.76. The van der Waals surface area contributed by atoms with Gasteiger partial charge in [0.2, 0.25) is 5.91 Å². The van der Waals surface area contributed by atoms with Gasteiger partial charge in [-0.1, -0.05) is 19.9 Å². The van der Waals surface area contributed by atoms with Gasteiger partial charge in [0.15, 0.2) is 6.61 Å². The summed E-state index contributed by atoms with van der Waals surface area (Å²) in [5.74, 6) is -0.200. The first kappa shape index (κ1) is 18.3. The van der Waals surface area contributed by atoms with Crippen molar-refractivity contribution in [2.45, 2.75) is 32.9 Å². The van der Waals surface area contributed by atoms with Crippen LogP contribution in [0.4, 0.5) is 18.9 Å². The Kier molecular flexibility index (Phi) is 6.22. The third-order valence-corrected chi connectivity index (χ3v) is 3.72. The minimum absolute atomic E-state index is 0.0430. The van der Waals surface area contributed by atoms with Gasteiger partial charge < -0.3 is 15.8 Å². The van der Waals surface area contributed by atoms with Crippen molar-refractivity contribution in [1.29, 1.82) is 0 Å². The fourth-order valence-corrected chi connectivity index (χ4v) is 2.04. The van der Waals surface area contributed by atoms with E-state index >= 15 is 0 Å². The van der Waals surface area contributed by atoms with Gasteiger partial charge in [-0.2, -0.15) is 13.2 Å². The second-order valence-electron chi connectivity index (χ2n) is 5.08. The van der Waals surface area contributed by atoms with Crippen LogP contribution in [0, 0.1) is 5.41 Å². The summed E-state index contributed by atoms with van der Waals surface area (Å²) in [5.41, 5.74) is 5.40. The molecule has 0 aliphatic heterocycles. The van der Waals surface area contributed by atoms with E-state index in [0.717, 1.165) is 0 Å². The van der Waals surface area contributed by atoms with E-state index in [2.05, 4.69) is 10.1 Å². The second-order valence-corrected chi connectivity index (χ2v) is 5.08. The molecule has 3 N–H and O–H groups in total. The second kappa shape index (κ2) is 7.49. The van der Waals surface area contributed by atoms with Gasteiger partial charge in [0.05, 0.1) is 5.41 Å². The summed E-state index contributed by atoms with van der Waals surface area (Å²) in [6.45, 7) is 2.58. The number of hydrogen-bond acceptors (Lipinski definition) is 3. The molecule has 0 aromatic heterocycles. The van der Waals surface area contributed by atoms with E-state index in [1.165, 1.54) is 18.2 Å². The zero-order chi connectivity index (χ0) is 16.8. The molecule has 1 amide bonds. The molecule has 0 saturated heterocycles. The number of amides is 1. The molecule has 0 radical (unpaired) electrons. The summed E-state index contributed by atoms with van der Waals surface area (Å²) < 4.78 is 41.1.